The first-order chi connectivity index (χ1) is 16.9. The highest BCUT2D eigenvalue weighted by molar-refractivity contribution is 5.93. The van der Waals surface area contributed by atoms with Gasteiger partial charge in [0.25, 0.3) is 0 Å². The van der Waals surface area contributed by atoms with E-state index in [1.807, 2.05) is 43.6 Å². The van der Waals surface area contributed by atoms with E-state index in [1.165, 1.54) is 31.4 Å². The van der Waals surface area contributed by atoms with Gasteiger partial charge in [0.1, 0.15) is 11.6 Å². The van der Waals surface area contributed by atoms with E-state index in [4.69, 9.17) is 4.74 Å². The average molecular weight is 472 g/mol. The third-order valence-electron chi connectivity index (χ3n) is 6.11. The van der Waals surface area contributed by atoms with Crippen LogP contribution < -0.4 is 0 Å². The summed E-state index contributed by atoms with van der Waals surface area (Å²) in [5.41, 5.74) is 6.24. The number of nitrogens with zero attached hydrogens (tertiary/aromatic N) is 1. The molecule has 1 aromatic heterocycles. The zero-order chi connectivity index (χ0) is 24.8. The van der Waals surface area contributed by atoms with Crippen LogP contribution in [-0.2, 0) is 31.0 Å². The van der Waals surface area contributed by atoms with Crippen LogP contribution in [0.1, 0.15) is 38.3 Å². The van der Waals surface area contributed by atoms with Crippen LogP contribution >= 0.6 is 0 Å². The molecule has 4 aromatic rings. The van der Waals surface area contributed by atoms with Crippen LogP contribution in [0.2, 0.25) is 0 Å². The van der Waals surface area contributed by atoms with E-state index >= 15 is 0 Å². The lowest BCUT2D eigenvalue weighted by Crippen LogP contribution is -2.07. The largest absolute Gasteiger partial charge is 0.465 e. The van der Waals surface area contributed by atoms with Crippen LogP contribution in [0.3, 0.4) is 0 Å². The van der Waals surface area contributed by atoms with Gasteiger partial charge in [-0.1, -0.05) is 42.5 Å². The molecule has 0 atom stereocenters. The second kappa shape index (κ2) is 11.0. The van der Waals surface area contributed by atoms with Gasteiger partial charge in [0, 0.05) is 25.4 Å². The summed E-state index contributed by atoms with van der Waals surface area (Å²) in [6.07, 6.45) is 5.95. The van der Waals surface area contributed by atoms with Crippen molar-refractivity contribution in [2.75, 3.05) is 7.11 Å². The minimum atomic E-state index is -0.403. The van der Waals surface area contributed by atoms with E-state index < -0.39 is 5.97 Å². The quantitative estimate of drug-likeness (QED) is 0.213. The fourth-order valence-electron chi connectivity index (χ4n) is 4.11. The average Bonchev–Trinajstić information content (AvgIpc) is 3.27. The smallest absolute Gasteiger partial charge is 0.338 e. The molecule has 0 amide bonds. The van der Waals surface area contributed by atoms with Crippen molar-refractivity contribution in [2.24, 2.45) is 7.05 Å². The Labute approximate surface area is 204 Å². The predicted octanol–water partition coefficient (Wildman–Crippen LogP) is 6.66. The lowest BCUT2D eigenvalue weighted by Gasteiger charge is -2.12. The maximum absolute atomic E-state index is 13.6. The summed E-state index contributed by atoms with van der Waals surface area (Å²) in [5.74, 6) is -0.960. The Bertz CT molecular complexity index is 1340. The SMILES string of the molecule is COC(=O)c1cc(/C=C(/Cc2cccn2C)c2ccc(F)cc2)ccc1CCc1ccc(F)cc1. The number of benzene rings is 3. The van der Waals surface area contributed by atoms with Gasteiger partial charge in [-0.15, -0.1) is 0 Å². The van der Waals surface area contributed by atoms with Gasteiger partial charge >= 0.3 is 5.97 Å². The van der Waals surface area contributed by atoms with E-state index in [9.17, 15) is 13.6 Å². The normalized spacial score (nSPS) is 11.5. The molecule has 0 bridgehead atoms. The third kappa shape index (κ3) is 6.12. The monoisotopic (exact) mass is 471 g/mol. The molecule has 0 radical (unpaired) electrons. The minimum Gasteiger partial charge on any atom is -0.465 e. The first-order valence-corrected chi connectivity index (χ1v) is 11.5. The van der Waals surface area contributed by atoms with Crippen molar-refractivity contribution in [2.45, 2.75) is 19.3 Å². The van der Waals surface area contributed by atoms with E-state index in [2.05, 4.69) is 10.6 Å². The molecule has 0 aliphatic heterocycles. The molecule has 3 nitrogen and oxygen atoms in total. The van der Waals surface area contributed by atoms with Crippen LogP contribution in [0.5, 0.6) is 0 Å². The Balaban J connectivity index is 1.67. The van der Waals surface area contributed by atoms with Crippen molar-refractivity contribution in [1.82, 2.24) is 4.57 Å². The van der Waals surface area contributed by atoms with Crippen molar-refractivity contribution in [3.63, 3.8) is 0 Å². The fourth-order valence-corrected chi connectivity index (χ4v) is 4.11. The van der Waals surface area contributed by atoms with Crippen LogP contribution in [0, 0.1) is 11.6 Å². The number of allylic oxidation sites excluding steroid dienone is 1. The first kappa shape index (κ1) is 24.1. The zero-order valence-corrected chi connectivity index (χ0v) is 19.8. The molecule has 0 aliphatic rings. The molecule has 0 unspecified atom stereocenters. The summed E-state index contributed by atoms with van der Waals surface area (Å²) in [5, 5.41) is 0. The maximum Gasteiger partial charge on any atom is 0.338 e. The van der Waals surface area contributed by atoms with Crippen LogP contribution in [0.15, 0.2) is 85.1 Å². The summed E-state index contributed by atoms with van der Waals surface area (Å²) in [7, 11) is 3.36. The van der Waals surface area contributed by atoms with Crippen molar-refractivity contribution in [1.29, 1.82) is 0 Å². The number of halogens is 2. The number of carbonyl (C=O) groups excluding carboxylic acids is 1. The zero-order valence-electron chi connectivity index (χ0n) is 19.8. The third-order valence-corrected chi connectivity index (χ3v) is 6.11. The van der Waals surface area contributed by atoms with Gasteiger partial charge in [0.05, 0.1) is 12.7 Å². The Morgan fingerprint density at radius 3 is 2.23 bits per heavy atom. The van der Waals surface area contributed by atoms with Crippen LogP contribution in [0.4, 0.5) is 8.78 Å². The maximum atomic E-state index is 13.6. The molecule has 0 spiro atoms. The molecule has 0 saturated carbocycles. The first-order valence-electron chi connectivity index (χ1n) is 11.5. The molecule has 5 heteroatoms. The Morgan fingerprint density at radius 1 is 0.914 bits per heavy atom. The van der Waals surface area contributed by atoms with Gasteiger partial charge in [-0.3, -0.25) is 0 Å². The highest BCUT2D eigenvalue weighted by Crippen LogP contribution is 2.25. The van der Waals surface area contributed by atoms with Gasteiger partial charge < -0.3 is 9.30 Å². The van der Waals surface area contributed by atoms with Crippen LogP contribution in [-0.4, -0.2) is 17.6 Å². The van der Waals surface area contributed by atoms with Gasteiger partial charge in [0.15, 0.2) is 0 Å². The molecule has 35 heavy (non-hydrogen) atoms. The van der Waals surface area contributed by atoms with E-state index in [1.54, 1.807) is 24.3 Å². The van der Waals surface area contributed by atoms with Crippen molar-refractivity contribution >= 4 is 17.6 Å². The molecule has 178 valence electrons. The highest BCUT2D eigenvalue weighted by atomic mass is 19.1. The van der Waals surface area contributed by atoms with Gasteiger partial charge in [-0.2, -0.15) is 0 Å². The van der Waals surface area contributed by atoms with E-state index in [0.717, 1.165) is 33.5 Å². The predicted molar refractivity (Wildman–Crippen MR) is 135 cm³/mol. The number of hydrogen-bond donors (Lipinski definition) is 0. The molecule has 0 aliphatic carbocycles. The lowest BCUT2D eigenvalue weighted by molar-refractivity contribution is 0.0599. The number of rotatable bonds is 8. The van der Waals surface area contributed by atoms with Crippen molar-refractivity contribution < 1.29 is 18.3 Å². The number of aryl methyl sites for hydroxylation is 3. The number of hydrogen-bond acceptors (Lipinski definition) is 2. The standard InChI is InChI=1S/C30H27F2NO2/c1-33-17-3-4-28(33)20-25(23-11-15-27(32)16-12-23)18-22-6-10-24(29(19-22)30(34)35-2)9-5-21-7-13-26(31)14-8-21/h3-4,6-8,10-19H,5,9,20H2,1-2H3/b25-18-. The molecule has 0 N–H and O–H groups in total. The lowest BCUT2D eigenvalue weighted by atomic mass is 9.94. The molecular weight excluding hydrogens is 444 g/mol. The molecule has 4 rings (SSSR count). The van der Waals surface area contributed by atoms with Crippen molar-refractivity contribution in [3.05, 3.63) is 130 Å². The summed E-state index contributed by atoms with van der Waals surface area (Å²) >= 11 is 0. The van der Waals surface area contributed by atoms with Gasteiger partial charge in [-0.05, 0) is 83.1 Å². The van der Waals surface area contributed by atoms with Gasteiger partial charge in [0.2, 0.25) is 0 Å². The molecule has 0 fully saturated rings. The van der Waals surface area contributed by atoms with E-state index in [-0.39, 0.29) is 11.6 Å². The van der Waals surface area contributed by atoms with Gasteiger partial charge in [-0.25, -0.2) is 13.6 Å². The second-order valence-electron chi connectivity index (χ2n) is 8.50. The Hall–Kier alpha value is -3.99. The highest BCUT2D eigenvalue weighted by Gasteiger charge is 2.14. The summed E-state index contributed by atoms with van der Waals surface area (Å²) in [6, 6.07) is 22.6. The number of methoxy groups -OCH3 is 1. The molecular formula is C30H27F2NO2. The molecule has 3 aromatic carbocycles. The number of carbonyl (C=O) groups is 1. The molecule has 1 heterocycles. The summed E-state index contributed by atoms with van der Waals surface area (Å²) in [4.78, 5) is 12.6. The van der Waals surface area contributed by atoms with Crippen LogP contribution in [0.25, 0.3) is 11.6 Å². The minimum absolute atomic E-state index is 0.271. The Morgan fingerprint density at radius 2 is 1.60 bits per heavy atom. The number of aromatic nitrogens is 1. The number of esters is 1. The second-order valence-corrected chi connectivity index (χ2v) is 8.50. The summed E-state index contributed by atoms with van der Waals surface area (Å²) < 4.78 is 33.9. The number of ether oxygens (including phenoxy) is 1. The van der Waals surface area contributed by atoms with Crippen molar-refractivity contribution in [3.8, 4) is 0 Å². The summed E-state index contributed by atoms with van der Waals surface area (Å²) in [6.45, 7) is 0. The topological polar surface area (TPSA) is 31.2 Å². The fraction of sp³-hybridized carbons (Fsp3) is 0.167. The van der Waals surface area contributed by atoms with E-state index in [0.29, 0.717) is 24.8 Å². The molecule has 0 saturated heterocycles. The Kier molecular flexibility index (Phi) is 7.56.